The summed E-state index contributed by atoms with van der Waals surface area (Å²) in [6, 6.07) is 7.39. The van der Waals surface area contributed by atoms with Crippen LogP contribution < -0.4 is 9.46 Å². The first-order valence-electron chi connectivity index (χ1n) is 5.58. The first-order chi connectivity index (χ1) is 8.12. The van der Waals surface area contributed by atoms with Gasteiger partial charge < -0.3 is 4.74 Å². The topological polar surface area (TPSA) is 58.4 Å². The molecule has 1 saturated heterocycles. The monoisotopic (exact) mass is 256 g/mol. The van der Waals surface area contributed by atoms with E-state index in [0.717, 1.165) is 11.3 Å². The van der Waals surface area contributed by atoms with Crippen LogP contribution in [0.1, 0.15) is 12.5 Å². The fourth-order valence-electron chi connectivity index (χ4n) is 1.42. The van der Waals surface area contributed by atoms with E-state index in [1.165, 1.54) is 4.31 Å². The highest BCUT2D eigenvalue weighted by Gasteiger charge is 2.31. The summed E-state index contributed by atoms with van der Waals surface area (Å²) in [5.74, 6) is 0.796. The van der Waals surface area contributed by atoms with Crippen LogP contribution in [0, 0.1) is 0 Å². The molecule has 1 fully saturated rings. The molecule has 0 atom stereocenters. The summed E-state index contributed by atoms with van der Waals surface area (Å²) in [5, 5.41) is 0. The highest BCUT2D eigenvalue weighted by Crippen LogP contribution is 2.13. The quantitative estimate of drug-likeness (QED) is 0.764. The molecule has 94 valence electrons. The van der Waals surface area contributed by atoms with Crippen molar-refractivity contribution in [1.82, 2.24) is 9.03 Å². The molecule has 2 rings (SSSR count). The van der Waals surface area contributed by atoms with E-state index in [4.69, 9.17) is 4.74 Å². The van der Waals surface area contributed by atoms with Gasteiger partial charge in [-0.1, -0.05) is 12.1 Å². The third-order valence-corrected chi connectivity index (χ3v) is 3.99. The molecule has 0 unspecified atom stereocenters. The Labute approximate surface area is 102 Å². The van der Waals surface area contributed by atoms with Gasteiger partial charge in [0.25, 0.3) is 10.2 Å². The van der Waals surface area contributed by atoms with Crippen molar-refractivity contribution >= 4 is 10.2 Å². The van der Waals surface area contributed by atoms with Crippen molar-refractivity contribution in [3.8, 4) is 5.75 Å². The summed E-state index contributed by atoms with van der Waals surface area (Å²) in [5.41, 5.74) is 0.916. The van der Waals surface area contributed by atoms with Crippen LogP contribution >= 0.6 is 0 Å². The van der Waals surface area contributed by atoms with Gasteiger partial charge in [-0.25, -0.2) is 0 Å². The average molecular weight is 256 g/mol. The van der Waals surface area contributed by atoms with Crippen molar-refractivity contribution in [3.05, 3.63) is 29.8 Å². The minimum Gasteiger partial charge on any atom is -0.494 e. The lowest BCUT2D eigenvalue weighted by Crippen LogP contribution is -2.29. The molecule has 0 radical (unpaired) electrons. The van der Waals surface area contributed by atoms with E-state index in [2.05, 4.69) is 4.72 Å². The molecule has 0 saturated carbocycles. The maximum atomic E-state index is 11.5. The van der Waals surface area contributed by atoms with Crippen LogP contribution in [0.3, 0.4) is 0 Å². The van der Waals surface area contributed by atoms with Crippen molar-refractivity contribution in [1.29, 1.82) is 0 Å². The molecule has 5 nitrogen and oxygen atoms in total. The van der Waals surface area contributed by atoms with Crippen molar-refractivity contribution < 1.29 is 13.2 Å². The maximum Gasteiger partial charge on any atom is 0.279 e. The number of nitrogens with one attached hydrogen (secondary N) is 1. The van der Waals surface area contributed by atoms with Crippen molar-refractivity contribution in [2.24, 2.45) is 0 Å². The largest absolute Gasteiger partial charge is 0.494 e. The van der Waals surface area contributed by atoms with E-state index in [1.807, 2.05) is 31.2 Å². The molecule has 17 heavy (non-hydrogen) atoms. The van der Waals surface area contributed by atoms with Gasteiger partial charge in [0.15, 0.2) is 0 Å². The molecule has 1 aromatic rings. The van der Waals surface area contributed by atoms with Crippen LogP contribution in [0.25, 0.3) is 0 Å². The number of ether oxygens (including phenoxy) is 1. The van der Waals surface area contributed by atoms with Crippen LogP contribution in [-0.4, -0.2) is 32.4 Å². The van der Waals surface area contributed by atoms with Gasteiger partial charge in [-0.15, -0.1) is 0 Å². The van der Waals surface area contributed by atoms with E-state index in [9.17, 15) is 8.42 Å². The Morgan fingerprint density at radius 2 is 1.94 bits per heavy atom. The summed E-state index contributed by atoms with van der Waals surface area (Å²) < 4.78 is 32.3. The molecular weight excluding hydrogens is 240 g/mol. The Balaban J connectivity index is 1.90. The Morgan fingerprint density at radius 3 is 2.47 bits per heavy atom. The van der Waals surface area contributed by atoms with Gasteiger partial charge >= 0.3 is 0 Å². The van der Waals surface area contributed by atoms with Gasteiger partial charge in [0.05, 0.1) is 6.61 Å². The van der Waals surface area contributed by atoms with Crippen molar-refractivity contribution in [2.75, 3.05) is 19.7 Å². The van der Waals surface area contributed by atoms with E-state index >= 15 is 0 Å². The Bertz CT molecular complexity index is 466. The van der Waals surface area contributed by atoms with E-state index in [0.29, 0.717) is 26.2 Å². The van der Waals surface area contributed by atoms with Gasteiger partial charge in [-0.2, -0.15) is 17.4 Å². The second kappa shape index (κ2) is 5.03. The van der Waals surface area contributed by atoms with Crippen LogP contribution in [0.4, 0.5) is 0 Å². The van der Waals surface area contributed by atoms with Crippen molar-refractivity contribution in [3.63, 3.8) is 0 Å². The van der Waals surface area contributed by atoms with Crippen LogP contribution in [0.2, 0.25) is 0 Å². The molecule has 6 heteroatoms. The number of benzene rings is 1. The fourth-order valence-corrected chi connectivity index (χ4v) is 2.51. The molecular formula is C11H16N2O3S. The molecule has 1 aliphatic heterocycles. The second-order valence-corrected chi connectivity index (χ2v) is 5.56. The molecule has 1 heterocycles. The molecule has 0 aliphatic carbocycles. The zero-order chi connectivity index (χ0) is 12.3. The van der Waals surface area contributed by atoms with Gasteiger partial charge in [-0.05, 0) is 24.6 Å². The average Bonchev–Trinajstić information content (AvgIpc) is 3.13. The normalized spacial score (nSPS) is 15.8. The minimum atomic E-state index is -3.25. The number of nitrogens with zero attached hydrogens (tertiary/aromatic N) is 1. The lowest BCUT2D eigenvalue weighted by atomic mass is 10.2. The van der Waals surface area contributed by atoms with Crippen LogP contribution in [0.15, 0.2) is 24.3 Å². The highest BCUT2D eigenvalue weighted by molar-refractivity contribution is 7.87. The standard InChI is InChI=1S/C11H16N2O3S/c1-2-16-11-5-3-10(4-6-11)9-12-17(14,15)13-7-8-13/h3-6,12H,2,7-9H2,1H3. The van der Waals surface area contributed by atoms with Gasteiger partial charge in [0.2, 0.25) is 0 Å². The summed E-state index contributed by atoms with van der Waals surface area (Å²) in [4.78, 5) is 0. The Morgan fingerprint density at radius 1 is 1.29 bits per heavy atom. The fraction of sp³-hybridized carbons (Fsp3) is 0.455. The molecule has 0 amide bonds. The summed E-state index contributed by atoms with van der Waals surface area (Å²) in [7, 11) is -3.25. The third-order valence-electron chi connectivity index (χ3n) is 2.44. The molecule has 0 bridgehead atoms. The lowest BCUT2D eigenvalue weighted by molar-refractivity contribution is 0.340. The third kappa shape index (κ3) is 3.42. The smallest absolute Gasteiger partial charge is 0.279 e. The summed E-state index contributed by atoms with van der Waals surface area (Å²) in [6.45, 7) is 4.11. The summed E-state index contributed by atoms with van der Waals surface area (Å²) >= 11 is 0. The molecule has 0 spiro atoms. The molecule has 0 aromatic heterocycles. The Kier molecular flexibility index (Phi) is 3.66. The van der Waals surface area contributed by atoms with Gasteiger partial charge in [0, 0.05) is 19.6 Å². The van der Waals surface area contributed by atoms with Crippen molar-refractivity contribution in [2.45, 2.75) is 13.5 Å². The Hall–Kier alpha value is -1.11. The summed E-state index contributed by atoms with van der Waals surface area (Å²) in [6.07, 6.45) is 0. The zero-order valence-corrected chi connectivity index (χ0v) is 10.5. The van der Waals surface area contributed by atoms with E-state index < -0.39 is 10.2 Å². The SMILES string of the molecule is CCOc1ccc(CNS(=O)(=O)N2CC2)cc1. The number of hydrogen-bond donors (Lipinski definition) is 1. The number of hydrogen-bond acceptors (Lipinski definition) is 3. The molecule has 1 aliphatic rings. The molecule has 1 aromatic carbocycles. The first-order valence-corrected chi connectivity index (χ1v) is 7.02. The first kappa shape index (κ1) is 12.3. The van der Waals surface area contributed by atoms with E-state index in [1.54, 1.807) is 0 Å². The van der Waals surface area contributed by atoms with Gasteiger partial charge in [-0.3, -0.25) is 0 Å². The lowest BCUT2D eigenvalue weighted by Gasteiger charge is -2.07. The van der Waals surface area contributed by atoms with E-state index in [-0.39, 0.29) is 0 Å². The maximum absolute atomic E-state index is 11.5. The van der Waals surface area contributed by atoms with Crippen LogP contribution in [0.5, 0.6) is 5.75 Å². The van der Waals surface area contributed by atoms with Crippen LogP contribution in [-0.2, 0) is 16.8 Å². The zero-order valence-electron chi connectivity index (χ0n) is 9.72. The number of rotatable bonds is 6. The van der Waals surface area contributed by atoms with Gasteiger partial charge in [0.1, 0.15) is 5.75 Å². The predicted octanol–water partition coefficient (Wildman–Crippen LogP) is 0.735. The predicted molar refractivity (Wildman–Crippen MR) is 64.9 cm³/mol. The highest BCUT2D eigenvalue weighted by atomic mass is 32.2. The minimum absolute atomic E-state index is 0.311. The molecule has 1 N–H and O–H groups in total. The second-order valence-electron chi connectivity index (χ2n) is 3.80.